The first kappa shape index (κ1) is 24.5. The summed E-state index contributed by atoms with van der Waals surface area (Å²) >= 11 is 16.9. The number of hydrogen-bond donors (Lipinski definition) is 0. The maximum absolute atomic E-state index is 12.9. The van der Waals surface area contributed by atoms with Crippen LogP contribution in [-0.4, -0.2) is 18.9 Å². The fraction of sp³-hybridized carbons (Fsp3) is 0.235. The Hall–Kier alpha value is 0.220. The summed E-state index contributed by atoms with van der Waals surface area (Å²) in [4.78, 5) is 12.6. The van der Waals surface area contributed by atoms with Crippen LogP contribution in [0.5, 0.6) is 5.75 Å². The first-order valence-electron chi connectivity index (χ1n) is 7.61. The molecule has 11 heteroatoms. The zero-order valence-corrected chi connectivity index (χ0v) is 23.3. The van der Waals surface area contributed by atoms with E-state index in [0.29, 0.717) is 33.5 Å². The van der Waals surface area contributed by atoms with Crippen LogP contribution >= 0.6 is 79.6 Å². The number of carbonyl (C=O) groups excluding carboxylic acids is 1. The Morgan fingerprint density at radius 3 is 1.86 bits per heavy atom. The van der Waals surface area contributed by atoms with Crippen molar-refractivity contribution in [1.82, 2.24) is 0 Å². The summed E-state index contributed by atoms with van der Waals surface area (Å²) in [6, 6.07) is 2.66. The molecule has 0 spiro atoms. The topological polar surface area (TPSA) is 83.5 Å². The zero-order valence-electron chi connectivity index (χ0n) is 14.6. The third-order valence-electron chi connectivity index (χ3n) is 3.82. The molecule has 0 bridgehead atoms. The molecule has 152 valence electrons. The Labute approximate surface area is 205 Å². The smallest absolute Gasteiger partial charge is 0.345 e. The second-order valence-electron chi connectivity index (χ2n) is 6.10. The van der Waals surface area contributed by atoms with Gasteiger partial charge in [-0.1, -0.05) is 13.8 Å². The molecule has 0 saturated carbocycles. The van der Waals surface area contributed by atoms with E-state index < -0.39 is 16.1 Å². The normalized spacial score (nSPS) is 11.8. The summed E-state index contributed by atoms with van der Waals surface area (Å²) in [6.45, 7) is 5.07. The highest BCUT2D eigenvalue weighted by Crippen LogP contribution is 2.45. The van der Waals surface area contributed by atoms with Gasteiger partial charge in [0.15, 0.2) is 0 Å². The maximum Gasteiger partial charge on any atom is 0.345 e. The molecule has 0 amide bonds. The third kappa shape index (κ3) is 4.92. The molecule has 0 aliphatic carbocycles. The largest absolute Gasteiger partial charge is 0.744 e. The summed E-state index contributed by atoms with van der Waals surface area (Å²) in [6.07, 6.45) is 0. The Morgan fingerprint density at radius 1 is 0.964 bits per heavy atom. The Morgan fingerprint density at radius 2 is 1.43 bits per heavy atom. The first-order valence-corrected chi connectivity index (χ1v) is 13.0. The van der Waals surface area contributed by atoms with Gasteiger partial charge in [0.25, 0.3) is 0 Å². The van der Waals surface area contributed by atoms with E-state index in [1.54, 1.807) is 20.8 Å². The van der Waals surface area contributed by atoms with Crippen molar-refractivity contribution < 1.29 is 22.5 Å². The summed E-state index contributed by atoms with van der Waals surface area (Å²) < 4.78 is 43.1. The molecule has 0 heterocycles. The van der Waals surface area contributed by atoms with Crippen LogP contribution < -0.4 is 4.74 Å². The predicted octanol–water partition coefficient (Wildman–Crippen LogP) is 7.05. The number of benzene rings is 2. The van der Waals surface area contributed by atoms with Crippen LogP contribution in [0.2, 0.25) is 0 Å². The summed E-state index contributed by atoms with van der Waals surface area (Å²) in [7, 11) is -4.65. The molecule has 0 saturated heterocycles. The van der Waals surface area contributed by atoms with Gasteiger partial charge in [-0.2, -0.15) is 0 Å². The molecule has 0 aliphatic rings. The molecule has 0 aliphatic heterocycles. The lowest BCUT2D eigenvalue weighted by Crippen LogP contribution is -2.13. The Bertz CT molecular complexity index is 1050. The van der Waals surface area contributed by atoms with Gasteiger partial charge < -0.3 is 9.29 Å². The van der Waals surface area contributed by atoms with Crippen LogP contribution in [0.3, 0.4) is 0 Å². The Kier molecular flexibility index (Phi) is 8.00. The van der Waals surface area contributed by atoms with E-state index in [1.165, 1.54) is 12.1 Å². The van der Waals surface area contributed by atoms with Gasteiger partial charge >= 0.3 is 5.97 Å². The molecule has 2 aromatic rings. The van der Waals surface area contributed by atoms with Gasteiger partial charge in [0.2, 0.25) is 0 Å². The zero-order chi connectivity index (χ0) is 21.5. The lowest BCUT2D eigenvalue weighted by Gasteiger charge is -2.19. The highest BCUT2D eigenvalue weighted by Gasteiger charge is 2.25. The number of rotatable bonds is 4. The maximum atomic E-state index is 12.9. The van der Waals surface area contributed by atoms with Crippen molar-refractivity contribution in [3.05, 3.63) is 51.2 Å². The molecule has 2 rings (SSSR count). The van der Waals surface area contributed by atoms with Gasteiger partial charge in [-0.3, -0.25) is 0 Å². The molecule has 2 aromatic carbocycles. The highest BCUT2D eigenvalue weighted by molar-refractivity contribution is 9.15. The average Bonchev–Trinajstić information content (AvgIpc) is 2.58. The van der Waals surface area contributed by atoms with Crippen molar-refractivity contribution in [3.63, 3.8) is 0 Å². The lowest BCUT2D eigenvalue weighted by atomic mass is 10.0. The van der Waals surface area contributed by atoms with Crippen molar-refractivity contribution in [1.29, 1.82) is 0 Å². The number of hydrogen-bond acceptors (Lipinski definition) is 5. The minimum Gasteiger partial charge on any atom is -0.744 e. The molecular weight excluding hydrogens is 716 g/mol. The summed E-state index contributed by atoms with van der Waals surface area (Å²) in [5.74, 6) is -0.746. The van der Waals surface area contributed by atoms with Gasteiger partial charge in [-0.15, -0.1) is 0 Å². The predicted molar refractivity (Wildman–Crippen MR) is 123 cm³/mol. The lowest BCUT2D eigenvalue weighted by molar-refractivity contribution is 0.0731. The van der Waals surface area contributed by atoms with Gasteiger partial charge in [-0.25, -0.2) is 13.2 Å². The molecule has 5 nitrogen and oxygen atoms in total. The molecule has 0 N–H and O–H groups in total. The molecule has 0 fully saturated rings. The third-order valence-corrected chi connectivity index (χ3v) is 10.8. The minimum absolute atomic E-state index is 0.176. The van der Waals surface area contributed by atoms with E-state index in [4.69, 9.17) is 4.74 Å². The molecular formula is C17H12Br5O5S-. The van der Waals surface area contributed by atoms with Crippen molar-refractivity contribution in [2.75, 3.05) is 0 Å². The molecule has 0 aromatic heterocycles. The van der Waals surface area contributed by atoms with Crippen LogP contribution in [0.4, 0.5) is 0 Å². The highest BCUT2D eigenvalue weighted by atomic mass is 79.9. The second kappa shape index (κ2) is 9.15. The fourth-order valence-electron chi connectivity index (χ4n) is 2.39. The molecule has 28 heavy (non-hydrogen) atoms. The van der Waals surface area contributed by atoms with Crippen LogP contribution in [0.1, 0.15) is 41.3 Å². The molecule has 0 atom stereocenters. The van der Waals surface area contributed by atoms with E-state index >= 15 is 0 Å². The fourth-order valence-corrected chi connectivity index (χ4v) is 6.66. The van der Waals surface area contributed by atoms with E-state index in [9.17, 15) is 17.8 Å². The standard InChI is InChI=1S/C17H13Br5O5S/c1-6(2)8-5-9(7(3)4-10(8)28(24,25)26)27-17(23)11-12(18)14(20)16(22)15(21)13(11)19/h4-6H,1-3H3,(H,24,25,26)/p-1. The number of halogens is 5. The van der Waals surface area contributed by atoms with Crippen molar-refractivity contribution in [3.8, 4) is 5.75 Å². The van der Waals surface area contributed by atoms with Crippen LogP contribution in [0.15, 0.2) is 39.4 Å². The van der Waals surface area contributed by atoms with E-state index in [2.05, 4.69) is 79.6 Å². The summed E-state index contributed by atoms with van der Waals surface area (Å²) in [5, 5.41) is 0. The molecule has 0 unspecified atom stereocenters. The summed E-state index contributed by atoms with van der Waals surface area (Å²) in [5.41, 5.74) is 0.877. The average molecular weight is 728 g/mol. The van der Waals surface area contributed by atoms with E-state index in [0.717, 1.165) is 0 Å². The number of ether oxygens (including phenoxy) is 1. The number of carbonyl (C=O) groups is 1. The second-order valence-corrected chi connectivity index (χ2v) is 11.4. The van der Waals surface area contributed by atoms with Crippen LogP contribution in [-0.2, 0) is 10.1 Å². The minimum atomic E-state index is -4.65. The van der Waals surface area contributed by atoms with Crippen molar-refractivity contribution in [2.45, 2.75) is 31.6 Å². The SMILES string of the molecule is Cc1cc(S(=O)(=O)[O-])c(C(C)C)cc1OC(=O)c1c(Br)c(Br)c(Br)c(Br)c1Br. The monoisotopic (exact) mass is 723 g/mol. The van der Waals surface area contributed by atoms with Crippen LogP contribution in [0.25, 0.3) is 0 Å². The van der Waals surface area contributed by atoms with Crippen molar-refractivity contribution >= 4 is 95.7 Å². The van der Waals surface area contributed by atoms with E-state index in [-0.39, 0.29) is 22.1 Å². The van der Waals surface area contributed by atoms with Gasteiger partial charge in [-0.05, 0) is 116 Å². The van der Waals surface area contributed by atoms with Gasteiger partial charge in [0, 0.05) is 22.4 Å². The first-order chi connectivity index (χ1) is 12.8. The van der Waals surface area contributed by atoms with Crippen molar-refractivity contribution in [2.24, 2.45) is 0 Å². The van der Waals surface area contributed by atoms with E-state index in [1.807, 2.05) is 0 Å². The van der Waals surface area contributed by atoms with Gasteiger partial charge in [0.1, 0.15) is 15.9 Å². The van der Waals surface area contributed by atoms with Gasteiger partial charge in [0.05, 0.1) is 10.5 Å². The van der Waals surface area contributed by atoms with Crippen LogP contribution in [0, 0.1) is 6.92 Å². The number of aryl methyl sites for hydroxylation is 1. The Balaban J connectivity index is 2.59. The number of esters is 1. The molecule has 0 radical (unpaired) electrons. The quantitative estimate of drug-likeness (QED) is 0.111.